The van der Waals surface area contributed by atoms with Crippen LogP contribution in [0.25, 0.3) is 5.69 Å². The fraction of sp³-hybridized carbons (Fsp3) is 0.150. The van der Waals surface area contributed by atoms with Crippen LogP contribution < -0.4 is 4.72 Å². The van der Waals surface area contributed by atoms with Crippen LogP contribution in [0, 0.1) is 25.2 Å². The lowest BCUT2D eigenvalue weighted by Crippen LogP contribution is -2.31. The zero-order chi connectivity index (χ0) is 20.3. The Morgan fingerprint density at radius 2 is 1.75 bits per heavy atom. The maximum Gasteiger partial charge on any atom is 0.264 e. The maximum absolute atomic E-state index is 12.3. The van der Waals surface area contributed by atoms with Crippen molar-refractivity contribution < 1.29 is 13.2 Å². The van der Waals surface area contributed by atoms with Crippen LogP contribution in [-0.2, 0) is 15.8 Å². The number of carbonyl (C=O) groups is 1. The third-order valence-electron chi connectivity index (χ3n) is 4.07. The van der Waals surface area contributed by atoms with Crippen LogP contribution in [0.15, 0.2) is 54.6 Å². The molecule has 0 spiro atoms. The smallest absolute Gasteiger partial charge is 0.264 e. The number of nitrogens with zero attached hydrogens (tertiary/aromatic N) is 3. The molecule has 0 unspecified atom stereocenters. The van der Waals surface area contributed by atoms with Crippen molar-refractivity contribution in [1.82, 2.24) is 14.5 Å². The van der Waals surface area contributed by atoms with E-state index < -0.39 is 15.9 Å². The average molecular weight is 394 g/mol. The van der Waals surface area contributed by atoms with Crippen molar-refractivity contribution in [3.8, 4) is 11.8 Å². The monoisotopic (exact) mass is 394 g/mol. The fourth-order valence-corrected chi connectivity index (χ4v) is 3.88. The summed E-state index contributed by atoms with van der Waals surface area (Å²) < 4.78 is 28.3. The van der Waals surface area contributed by atoms with Gasteiger partial charge in [-0.2, -0.15) is 10.4 Å². The summed E-state index contributed by atoms with van der Waals surface area (Å²) >= 11 is 0. The lowest BCUT2D eigenvalue weighted by atomic mass is 10.2. The Morgan fingerprint density at radius 3 is 2.29 bits per heavy atom. The van der Waals surface area contributed by atoms with Crippen LogP contribution in [0.5, 0.6) is 0 Å². The second-order valence-corrected chi connectivity index (χ2v) is 8.11. The number of nitrogens with one attached hydrogen (secondary N) is 1. The van der Waals surface area contributed by atoms with Gasteiger partial charge in [0.2, 0.25) is 10.0 Å². The molecule has 1 aromatic heterocycles. The molecule has 1 amide bonds. The van der Waals surface area contributed by atoms with Crippen molar-refractivity contribution >= 4 is 15.9 Å². The fourth-order valence-electron chi connectivity index (χ4n) is 2.78. The van der Waals surface area contributed by atoms with Crippen molar-refractivity contribution in [2.45, 2.75) is 19.6 Å². The molecule has 7 nitrogen and oxygen atoms in total. The normalized spacial score (nSPS) is 11.0. The molecule has 28 heavy (non-hydrogen) atoms. The van der Waals surface area contributed by atoms with E-state index in [0.29, 0.717) is 11.1 Å². The molecule has 8 heteroatoms. The number of aromatic nitrogens is 2. The summed E-state index contributed by atoms with van der Waals surface area (Å²) in [6, 6.07) is 16.6. The average Bonchev–Trinajstić information content (AvgIpc) is 3.00. The lowest BCUT2D eigenvalue weighted by Gasteiger charge is -2.09. The summed E-state index contributed by atoms with van der Waals surface area (Å²) in [4.78, 5) is 12.3. The molecule has 0 aliphatic rings. The molecule has 0 bridgehead atoms. The number of benzene rings is 2. The van der Waals surface area contributed by atoms with Gasteiger partial charge in [0.25, 0.3) is 5.91 Å². The third kappa shape index (κ3) is 4.45. The Bertz CT molecular complexity index is 1160. The van der Waals surface area contributed by atoms with Gasteiger partial charge in [-0.25, -0.2) is 17.8 Å². The van der Waals surface area contributed by atoms with Crippen molar-refractivity contribution in [2.24, 2.45) is 0 Å². The molecular weight excluding hydrogens is 376 g/mol. The predicted octanol–water partition coefficient (Wildman–Crippen LogP) is 2.62. The zero-order valence-electron chi connectivity index (χ0n) is 15.4. The quantitative estimate of drug-likeness (QED) is 0.716. The molecule has 3 rings (SSSR count). The van der Waals surface area contributed by atoms with E-state index in [1.807, 2.05) is 26.0 Å². The van der Waals surface area contributed by atoms with Gasteiger partial charge in [-0.3, -0.25) is 4.79 Å². The summed E-state index contributed by atoms with van der Waals surface area (Å²) in [5.41, 5.74) is 3.77. The molecule has 3 aromatic rings. The maximum atomic E-state index is 12.3. The van der Waals surface area contributed by atoms with Gasteiger partial charge in [-0.1, -0.05) is 12.1 Å². The molecule has 0 aliphatic heterocycles. The second kappa shape index (κ2) is 7.66. The highest BCUT2D eigenvalue weighted by Crippen LogP contribution is 2.14. The minimum absolute atomic E-state index is 0.230. The van der Waals surface area contributed by atoms with Gasteiger partial charge in [-0.05, 0) is 61.9 Å². The molecule has 0 saturated heterocycles. The molecule has 2 aromatic carbocycles. The van der Waals surface area contributed by atoms with E-state index in [0.717, 1.165) is 17.1 Å². The molecule has 0 saturated carbocycles. The summed E-state index contributed by atoms with van der Waals surface area (Å²) in [5.74, 6) is -1.05. The van der Waals surface area contributed by atoms with E-state index in [-0.39, 0.29) is 11.3 Å². The Balaban J connectivity index is 1.71. The van der Waals surface area contributed by atoms with Crippen molar-refractivity contribution in [2.75, 3.05) is 0 Å². The molecule has 142 valence electrons. The van der Waals surface area contributed by atoms with E-state index in [9.17, 15) is 13.2 Å². The molecular formula is C20H18N4O3S. The van der Waals surface area contributed by atoms with Crippen LogP contribution in [0.1, 0.15) is 32.9 Å². The first-order valence-electron chi connectivity index (χ1n) is 8.45. The van der Waals surface area contributed by atoms with Crippen LogP contribution in [0.2, 0.25) is 0 Å². The number of hydrogen-bond acceptors (Lipinski definition) is 5. The van der Waals surface area contributed by atoms with E-state index in [4.69, 9.17) is 5.26 Å². The topological polar surface area (TPSA) is 105 Å². The molecule has 1 N–H and O–H groups in total. The molecule has 0 atom stereocenters. The van der Waals surface area contributed by atoms with Gasteiger partial charge in [0.05, 0.1) is 28.8 Å². The Hall–Kier alpha value is -3.44. The van der Waals surface area contributed by atoms with Gasteiger partial charge < -0.3 is 0 Å². The first kappa shape index (κ1) is 19.3. The van der Waals surface area contributed by atoms with Crippen LogP contribution in [0.4, 0.5) is 0 Å². The number of sulfonamides is 1. The molecule has 0 radical (unpaired) electrons. The highest BCUT2D eigenvalue weighted by Gasteiger charge is 2.17. The van der Waals surface area contributed by atoms with Crippen molar-refractivity contribution in [1.29, 1.82) is 5.26 Å². The van der Waals surface area contributed by atoms with E-state index in [1.165, 1.54) is 12.1 Å². The van der Waals surface area contributed by atoms with Crippen molar-refractivity contribution in [3.05, 3.63) is 82.7 Å². The van der Waals surface area contributed by atoms with Crippen LogP contribution in [0.3, 0.4) is 0 Å². The van der Waals surface area contributed by atoms with Gasteiger partial charge in [-0.15, -0.1) is 0 Å². The van der Waals surface area contributed by atoms with Gasteiger partial charge in [0.1, 0.15) is 0 Å². The van der Waals surface area contributed by atoms with Crippen LogP contribution in [-0.4, -0.2) is 24.1 Å². The Labute approximate surface area is 163 Å². The highest BCUT2D eigenvalue weighted by molar-refractivity contribution is 7.89. The molecule has 0 fully saturated rings. The number of aryl methyl sites for hydroxylation is 2. The first-order chi connectivity index (χ1) is 13.3. The second-order valence-electron chi connectivity index (χ2n) is 6.38. The first-order valence-corrected chi connectivity index (χ1v) is 10.1. The standard InChI is InChI=1S/C20H18N4O3S/c1-14-11-15(2)24(22-14)19-9-7-18(8-10-19)20(25)23-28(26,27)13-17-5-3-16(12-21)4-6-17/h3-11H,13H2,1-2H3,(H,23,25). The number of carbonyl (C=O) groups excluding carboxylic acids is 1. The van der Waals surface area contributed by atoms with E-state index >= 15 is 0 Å². The zero-order valence-corrected chi connectivity index (χ0v) is 16.2. The summed E-state index contributed by atoms with van der Waals surface area (Å²) in [5, 5.41) is 13.2. The van der Waals surface area contributed by atoms with Gasteiger partial charge >= 0.3 is 0 Å². The van der Waals surface area contributed by atoms with Crippen LogP contribution >= 0.6 is 0 Å². The lowest BCUT2D eigenvalue weighted by molar-refractivity contribution is 0.0981. The summed E-state index contributed by atoms with van der Waals surface area (Å²) in [6.45, 7) is 3.82. The SMILES string of the molecule is Cc1cc(C)n(-c2ccc(C(=O)NS(=O)(=O)Cc3ccc(C#N)cc3)cc2)n1. The van der Waals surface area contributed by atoms with E-state index in [2.05, 4.69) is 9.82 Å². The predicted molar refractivity (Wildman–Crippen MR) is 104 cm³/mol. The molecule has 1 heterocycles. The van der Waals surface area contributed by atoms with E-state index in [1.54, 1.807) is 41.1 Å². The minimum atomic E-state index is -3.87. The number of nitriles is 1. The summed E-state index contributed by atoms with van der Waals surface area (Å²) in [6.07, 6.45) is 0. The number of rotatable bonds is 5. The largest absolute Gasteiger partial charge is 0.268 e. The van der Waals surface area contributed by atoms with Gasteiger partial charge in [0, 0.05) is 11.3 Å². The number of amides is 1. The number of hydrogen-bond donors (Lipinski definition) is 1. The third-order valence-corrected chi connectivity index (χ3v) is 5.28. The Morgan fingerprint density at radius 1 is 1.11 bits per heavy atom. The van der Waals surface area contributed by atoms with Gasteiger partial charge in [0.15, 0.2) is 0 Å². The summed E-state index contributed by atoms with van der Waals surface area (Å²) in [7, 11) is -3.87. The van der Waals surface area contributed by atoms with Crippen molar-refractivity contribution in [3.63, 3.8) is 0 Å². The minimum Gasteiger partial charge on any atom is -0.268 e. The molecule has 0 aliphatic carbocycles. The highest BCUT2D eigenvalue weighted by atomic mass is 32.2. The Kier molecular flexibility index (Phi) is 5.29.